The largest absolute Gasteiger partial charge is 0.465 e. The van der Waals surface area contributed by atoms with Crippen LogP contribution in [0.5, 0.6) is 0 Å². The lowest BCUT2D eigenvalue weighted by Crippen LogP contribution is -2.01. The van der Waals surface area contributed by atoms with E-state index >= 15 is 0 Å². The van der Waals surface area contributed by atoms with Gasteiger partial charge in [-0.25, -0.2) is 4.79 Å². The molecule has 0 fully saturated rings. The minimum absolute atomic E-state index is 0.353. The van der Waals surface area contributed by atoms with Gasteiger partial charge in [-0.2, -0.15) is 0 Å². The number of methoxy groups -OCH3 is 1. The van der Waals surface area contributed by atoms with Crippen LogP contribution in [0.3, 0.4) is 0 Å². The average molecular weight is 297 g/mol. The van der Waals surface area contributed by atoms with Crippen LogP contribution >= 0.6 is 11.6 Å². The molecule has 0 saturated heterocycles. The van der Waals surface area contributed by atoms with Crippen LogP contribution in [-0.4, -0.2) is 13.1 Å². The number of ether oxygens (including phenoxy) is 1. The highest BCUT2D eigenvalue weighted by atomic mass is 35.5. The Morgan fingerprint density at radius 1 is 0.952 bits per heavy atom. The van der Waals surface area contributed by atoms with Gasteiger partial charge >= 0.3 is 5.97 Å². The Labute approximate surface area is 127 Å². The second-order valence-corrected chi connectivity index (χ2v) is 5.12. The quantitative estimate of drug-likeness (QED) is 0.626. The highest BCUT2D eigenvalue weighted by Gasteiger charge is 2.13. The molecule has 0 spiro atoms. The molecule has 0 heterocycles. The summed E-state index contributed by atoms with van der Waals surface area (Å²) in [5.41, 5.74) is 2.35. The lowest BCUT2D eigenvalue weighted by molar-refractivity contribution is 0.0601. The van der Waals surface area contributed by atoms with Gasteiger partial charge in [-0.1, -0.05) is 54.1 Å². The lowest BCUT2D eigenvalue weighted by Gasteiger charge is -2.11. The van der Waals surface area contributed by atoms with Crippen molar-refractivity contribution in [3.8, 4) is 11.1 Å². The van der Waals surface area contributed by atoms with Crippen molar-refractivity contribution < 1.29 is 9.53 Å². The Hall–Kier alpha value is -2.32. The Balaban J connectivity index is 2.34. The fourth-order valence-corrected chi connectivity index (χ4v) is 2.69. The van der Waals surface area contributed by atoms with Crippen molar-refractivity contribution in [1.29, 1.82) is 0 Å². The molecule has 0 aliphatic carbocycles. The minimum Gasteiger partial charge on any atom is -0.465 e. The minimum atomic E-state index is -0.353. The molecule has 2 nitrogen and oxygen atoms in total. The summed E-state index contributed by atoms with van der Waals surface area (Å²) in [7, 11) is 1.38. The molecule has 0 aromatic heterocycles. The van der Waals surface area contributed by atoms with Crippen LogP contribution in [0.4, 0.5) is 0 Å². The number of esters is 1. The third kappa shape index (κ3) is 2.50. The zero-order chi connectivity index (χ0) is 14.8. The summed E-state index contributed by atoms with van der Waals surface area (Å²) >= 11 is 6.31. The zero-order valence-corrected chi connectivity index (χ0v) is 12.2. The van der Waals surface area contributed by atoms with Crippen LogP contribution in [0.15, 0.2) is 60.7 Å². The van der Waals surface area contributed by atoms with Crippen LogP contribution < -0.4 is 0 Å². The molecule has 21 heavy (non-hydrogen) atoms. The molecule has 0 unspecified atom stereocenters. The summed E-state index contributed by atoms with van der Waals surface area (Å²) in [6.45, 7) is 0. The number of fused-ring (bicyclic) bond motifs is 1. The van der Waals surface area contributed by atoms with Crippen LogP contribution in [0, 0.1) is 0 Å². The molecular weight excluding hydrogens is 284 g/mol. The molecule has 0 aliphatic heterocycles. The van der Waals surface area contributed by atoms with Crippen molar-refractivity contribution in [2.24, 2.45) is 0 Å². The summed E-state index contributed by atoms with van der Waals surface area (Å²) in [4.78, 5) is 11.9. The maximum Gasteiger partial charge on any atom is 0.337 e. The van der Waals surface area contributed by atoms with Crippen LogP contribution in [0.1, 0.15) is 10.4 Å². The third-order valence-corrected chi connectivity index (χ3v) is 3.78. The number of carbonyl (C=O) groups excluding carboxylic acids is 1. The van der Waals surface area contributed by atoms with E-state index in [0.29, 0.717) is 10.6 Å². The third-order valence-electron chi connectivity index (χ3n) is 3.45. The van der Waals surface area contributed by atoms with Gasteiger partial charge in [0, 0.05) is 10.6 Å². The molecular formula is C18H13ClO2. The molecule has 0 aliphatic rings. The van der Waals surface area contributed by atoms with E-state index in [1.807, 2.05) is 60.7 Å². The van der Waals surface area contributed by atoms with Gasteiger partial charge in [0.25, 0.3) is 0 Å². The molecule has 104 valence electrons. The number of rotatable bonds is 2. The molecule has 3 aromatic rings. The van der Waals surface area contributed by atoms with E-state index in [9.17, 15) is 4.79 Å². The van der Waals surface area contributed by atoms with Gasteiger partial charge in [0.15, 0.2) is 0 Å². The van der Waals surface area contributed by atoms with Gasteiger partial charge < -0.3 is 4.74 Å². The van der Waals surface area contributed by atoms with Gasteiger partial charge in [-0.3, -0.25) is 0 Å². The molecule has 0 bridgehead atoms. The summed E-state index contributed by atoms with van der Waals surface area (Å²) in [5.74, 6) is -0.353. The molecule has 3 heteroatoms. The van der Waals surface area contributed by atoms with E-state index in [1.165, 1.54) is 7.11 Å². The van der Waals surface area contributed by atoms with Crippen molar-refractivity contribution in [2.75, 3.05) is 7.11 Å². The monoisotopic (exact) mass is 296 g/mol. The SMILES string of the molecule is COC(=O)c1cc(-c2ccccc2Cl)c2ccccc2c1. The number of halogens is 1. The first-order valence-electron chi connectivity index (χ1n) is 6.56. The Kier molecular flexibility index (Phi) is 3.63. The van der Waals surface area contributed by atoms with Gasteiger partial charge in [0.05, 0.1) is 12.7 Å². The predicted molar refractivity (Wildman–Crippen MR) is 85.7 cm³/mol. The molecule has 0 radical (unpaired) electrons. The standard InChI is InChI=1S/C18H13ClO2/c1-21-18(20)13-10-12-6-2-3-7-14(12)16(11-13)15-8-4-5-9-17(15)19/h2-11H,1H3. The molecule has 3 aromatic carbocycles. The van der Waals surface area contributed by atoms with Crippen molar-refractivity contribution >= 4 is 28.3 Å². The molecule has 3 rings (SSSR count). The van der Waals surface area contributed by atoms with Gasteiger partial charge in [0.1, 0.15) is 0 Å². The fraction of sp³-hybridized carbons (Fsp3) is 0.0556. The van der Waals surface area contributed by atoms with E-state index in [2.05, 4.69) is 0 Å². The van der Waals surface area contributed by atoms with Crippen molar-refractivity contribution in [3.63, 3.8) is 0 Å². The highest BCUT2D eigenvalue weighted by molar-refractivity contribution is 6.33. The fourth-order valence-electron chi connectivity index (χ4n) is 2.45. The van der Waals surface area contributed by atoms with Crippen LogP contribution in [0.25, 0.3) is 21.9 Å². The first-order valence-corrected chi connectivity index (χ1v) is 6.94. The second-order valence-electron chi connectivity index (χ2n) is 4.72. The second kappa shape index (κ2) is 5.58. The maximum absolute atomic E-state index is 11.9. The van der Waals surface area contributed by atoms with E-state index in [-0.39, 0.29) is 5.97 Å². The summed E-state index contributed by atoms with van der Waals surface area (Å²) in [6, 6.07) is 19.2. The number of hydrogen-bond acceptors (Lipinski definition) is 2. The molecule has 0 atom stereocenters. The smallest absolute Gasteiger partial charge is 0.337 e. The first-order chi connectivity index (χ1) is 10.2. The van der Waals surface area contributed by atoms with Crippen LogP contribution in [-0.2, 0) is 4.74 Å². The van der Waals surface area contributed by atoms with Gasteiger partial charge in [-0.05, 0) is 34.5 Å². The van der Waals surface area contributed by atoms with Crippen LogP contribution in [0.2, 0.25) is 5.02 Å². The molecule has 0 saturated carbocycles. The number of carbonyl (C=O) groups is 1. The summed E-state index contributed by atoms with van der Waals surface area (Å²) in [5, 5.41) is 2.69. The highest BCUT2D eigenvalue weighted by Crippen LogP contribution is 2.34. The van der Waals surface area contributed by atoms with Crippen molar-refractivity contribution in [2.45, 2.75) is 0 Å². The summed E-state index contributed by atoms with van der Waals surface area (Å²) < 4.78 is 4.83. The Bertz CT molecular complexity index is 824. The number of hydrogen-bond donors (Lipinski definition) is 0. The summed E-state index contributed by atoms with van der Waals surface area (Å²) in [6.07, 6.45) is 0. The van der Waals surface area contributed by atoms with Crippen molar-refractivity contribution in [1.82, 2.24) is 0 Å². The predicted octanol–water partition coefficient (Wildman–Crippen LogP) is 4.95. The number of benzene rings is 3. The zero-order valence-electron chi connectivity index (χ0n) is 11.5. The Morgan fingerprint density at radius 3 is 2.43 bits per heavy atom. The first kappa shape index (κ1) is 13.7. The van der Waals surface area contributed by atoms with Gasteiger partial charge in [-0.15, -0.1) is 0 Å². The van der Waals surface area contributed by atoms with E-state index in [1.54, 1.807) is 0 Å². The Morgan fingerprint density at radius 2 is 1.67 bits per heavy atom. The molecule has 0 N–H and O–H groups in total. The van der Waals surface area contributed by atoms with E-state index < -0.39 is 0 Å². The topological polar surface area (TPSA) is 26.3 Å². The lowest BCUT2D eigenvalue weighted by atomic mass is 9.95. The van der Waals surface area contributed by atoms with Gasteiger partial charge in [0.2, 0.25) is 0 Å². The maximum atomic E-state index is 11.9. The molecule has 0 amide bonds. The van der Waals surface area contributed by atoms with Crippen molar-refractivity contribution in [3.05, 3.63) is 71.2 Å². The van der Waals surface area contributed by atoms with E-state index in [4.69, 9.17) is 16.3 Å². The normalized spacial score (nSPS) is 10.6. The average Bonchev–Trinajstić information content (AvgIpc) is 2.53. The van der Waals surface area contributed by atoms with E-state index in [0.717, 1.165) is 21.9 Å².